The summed E-state index contributed by atoms with van der Waals surface area (Å²) < 4.78 is 37.1. The highest BCUT2D eigenvalue weighted by Gasteiger charge is 2.26. The zero-order valence-corrected chi connectivity index (χ0v) is 10.2. The molecule has 0 spiro atoms. The fourth-order valence-corrected chi connectivity index (χ4v) is 3.77. The summed E-state index contributed by atoms with van der Waals surface area (Å²) in [5, 5.41) is 2.75. The maximum atomic E-state index is 13.2. The van der Waals surface area contributed by atoms with E-state index >= 15 is 0 Å². The lowest BCUT2D eigenvalue weighted by molar-refractivity contribution is 0.582. The highest BCUT2D eigenvalue weighted by molar-refractivity contribution is 7.91. The highest BCUT2D eigenvalue weighted by Crippen LogP contribution is 2.31. The summed E-state index contributed by atoms with van der Waals surface area (Å²) in [5.41, 5.74) is 0.297. The molecule has 0 aliphatic carbocycles. The minimum absolute atomic E-state index is 0.0146. The molecular weight excluding hydrogens is 253 g/mol. The first kappa shape index (κ1) is 11.7. The van der Waals surface area contributed by atoms with E-state index < -0.39 is 15.7 Å². The Hall–Kier alpha value is -0.810. The van der Waals surface area contributed by atoms with Gasteiger partial charge in [0.1, 0.15) is 5.82 Å². The molecule has 1 aliphatic heterocycles. The van der Waals surface area contributed by atoms with Gasteiger partial charge in [-0.05, 0) is 18.1 Å². The van der Waals surface area contributed by atoms with Gasteiger partial charge in [-0.25, -0.2) is 12.8 Å². The Bertz CT molecular complexity index is 530. The molecule has 0 saturated heterocycles. The van der Waals surface area contributed by atoms with Crippen LogP contribution in [-0.2, 0) is 9.84 Å². The molecule has 0 bridgehead atoms. The standard InChI is InChI=1S/C10H11ClFNO2S/c1-6-4-13-9-3-8(12)7(11)2-10(9)16(14,15)5-6/h2-3,6,13H,4-5H2,1H3. The van der Waals surface area contributed by atoms with Crippen molar-refractivity contribution >= 4 is 27.1 Å². The van der Waals surface area contributed by atoms with Crippen LogP contribution in [0.15, 0.2) is 17.0 Å². The van der Waals surface area contributed by atoms with Crippen LogP contribution in [0.25, 0.3) is 0 Å². The quantitative estimate of drug-likeness (QED) is 0.731. The van der Waals surface area contributed by atoms with Crippen molar-refractivity contribution in [3.8, 4) is 0 Å². The van der Waals surface area contributed by atoms with E-state index in [9.17, 15) is 12.8 Å². The molecule has 1 aliphatic rings. The van der Waals surface area contributed by atoms with Gasteiger partial charge < -0.3 is 5.32 Å². The lowest BCUT2D eigenvalue weighted by Crippen LogP contribution is -2.15. The number of halogens is 2. The number of hydrogen-bond donors (Lipinski definition) is 1. The number of fused-ring (bicyclic) bond motifs is 1. The van der Waals surface area contributed by atoms with Gasteiger partial charge in [0.25, 0.3) is 0 Å². The lowest BCUT2D eigenvalue weighted by Gasteiger charge is -2.08. The molecule has 0 radical (unpaired) electrons. The molecule has 1 N–H and O–H groups in total. The molecule has 3 nitrogen and oxygen atoms in total. The number of benzene rings is 1. The number of hydrogen-bond acceptors (Lipinski definition) is 3. The minimum atomic E-state index is -3.38. The fourth-order valence-electron chi connectivity index (χ4n) is 1.73. The summed E-state index contributed by atoms with van der Waals surface area (Å²) in [5.74, 6) is -0.577. The SMILES string of the molecule is CC1CNc2cc(F)c(Cl)cc2S(=O)(=O)C1. The number of rotatable bonds is 0. The molecule has 88 valence electrons. The highest BCUT2D eigenvalue weighted by atomic mass is 35.5. The predicted molar refractivity (Wildman–Crippen MR) is 61.1 cm³/mol. The first-order valence-corrected chi connectivity index (χ1v) is 6.89. The summed E-state index contributed by atoms with van der Waals surface area (Å²) in [6.07, 6.45) is 0. The van der Waals surface area contributed by atoms with Gasteiger partial charge in [0.05, 0.1) is 21.4 Å². The second kappa shape index (κ2) is 3.89. The van der Waals surface area contributed by atoms with Crippen molar-refractivity contribution in [1.29, 1.82) is 0 Å². The zero-order chi connectivity index (χ0) is 11.9. The van der Waals surface area contributed by atoms with E-state index in [1.54, 1.807) is 0 Å². The maximum Gasteiger partial charge on any atom is 0.180 e. The third kappa shape index (κ3) is 2.01. The van der Waals surface area contributed by atoms with E-state index in [0.29, 0.717) is 12.2 Å². The Labute approximate surface area is 98.5 Å². The molecule has 0 amide bonds. The van der Waals surface area contributed by atoms with Crippen molar-refractivity contribution < 1.29 is 12.8 Å². The van der Waals surface area contributed by atoms with Crippen LogP contribution in [0.4, 0.5) is 10.1 Å². The van der Waals surface area contributed by atoms with Gasteiger partial charge in [-0.1, -0.05) is 18.5 Å². The zero-order valence-electron chi connectivity index (χ0n) is 8.63. The lowest BCUT2D eigenvalue weighted by atomic mass is 10.2. The molecule has 0 fully saturated rings. The van der Waals surface area contributed by atoms with E-state index in [2.05, 4.69) is 5.32 Å². The summed E-state index contributed by atoms with van der Waals surface area (Å²) in [4.78, 5) is 0.0863. The number of nitrogens with one attached hydrogen (secondary N) is 1. The second-order valence-corrected chi connectivity index (χ2v) is 6.44. The van der Waals surface area contributed by atoms with Gasteiger partial charge in [0.2, 0.25) is 0 Å². The Morgan fingerprint density at radius 1 is 1.50 bits per heavy atom. The molecule has 1 heterocycles. The molecular formula is C10H11ClFNO2S. The van der Waals surface area contributed by atoms with Gasteiger partial charge >= 0.3 is 0 Å². The topological polar surface area (TPSA) is 46.2 Å². The summed E-state index contributed by atoms with van der Waals surface area (Å²) >= 11 is 5.60. The predicted octanol–water partition coefficient (Wildman–Crippen LogP) is 2.31. The molecule has 0 aromatic heterocycles. The van der Waals surface area contributed by atoms with E-state index in [-0.39, 0.29) is 21.6 Å². The van der Waals surface area contributed by atoms with E-state index in [0.717, 1.165) is 6.07 Å². The number of anilines is 1. The van der Waals surface area contributed by atoms with Crippen LogP contribution >= 0.6 is 11.6 Å². The first-order chi connectivity index (χ1) is 7.40. The third-order valence-corrected chi connectivity index (χ3v) is 4.81. The van der Waals surface area contributed by atoms with E-state index in [1.165, 1.54) is 6.07 Å². The Kier molecular flexibility index (Phi) is 2.84. The summed E-state index contributed by atoms with van der Waals surface area (Å²) in [6.45, 7) is 2.34. The molecule has 1 unspecified atom stereocenters. The van der Waals surface area contributed by atoms with Crippen molar-refractivity contribution in [2.24, 2.45) is 5.92 Å². The smallest absolute Gasteiger partial charge is 0.180 e. The molecule has 0 saturated carbocycles. The fraction of sp³-hybridized carbons (Fsp3) is 0.400. The molecule has 16 heavy (non-hydrogen) atoms. The average Bonchev–Trinajstić information content (AvgIpc) is 2.27. The normalized spacial score (nSPS) is 23.1. The monoisotopic (exact) mass is 263 g/mol. The van der Waals surface area contributed by atoms with Crippen LogP contribution in [0.1, 0.15) is 6.92 Å². The molecule has 2 rings (SSSR count). The van der Waals surface area contributed by atoms with E-state index in [1.807, 2.05) is 6.92 Å². The molecule has 1 aromatic rings. The summed E-state index contributed by atoms with van der Waals surface area (Å²) in [7, 11) is -3.38. The van der Waals surface area contributed by atoms with Crippen LogP contribution < -0.4 is 5.32 Å². The Morgan fingerprint density at radius 2 is 2.19 bits per heavy atom. The molecule has 6 heteroatoms. The third-order valence-electron chi connectivity index (χ3n) is 2.50. The van der Waals surface area contributed by atoms with Crippen LogP contribution in [0, 0.1) is 11.7 Å². The van der Waals surface area contributed by atoms with Crippen molar-refractivity contribution in [3.63, 3.8) is 0 Å². The Morgan fingerprint density at radius 3 is 2.88 bits per heavy atom. The van der Waals surface area contributed by atoms with Gasteiger partial charge in [-0.2, -0.15) is 0 Å². The second-order valence-electron chi connectivity index (χ2n) is 4.03. The van der Waals surface area contributed by atoms with Crippen LogP contribution in [-0.4, -0.2) is 20.7 Å². The van der Waals surface area contributed by atoms with Gasteiger partial charge in [-0.15, -0.1) is 0 Å². The van der Waals surface area contributed by atoms with Crippen molar-refractivity contribution in [2.45, 2.75) is 11.8 Å². The first-order valence-electron chi connectivity index (χ1n) is 4.86. The summed E-state index contributed by atoms with van der Waals surface area (Å²) in [6, 6.07) is 2.31. The van der Waals surface area contributed by atoms with E-state index in [4.69, 9.17) is 11.6 Å². The molecule has 1 atom stereocenters. The van der Waals surface area contributed by atoms with Gasteiger partial charge in [0.15, 0.2) is 9.84 Å². The van der Waals surface area contributed by atoms with Crippen molar-refractivity contribution in [1.82, 2.24) is 0 Å². The molecule has 1 aromatic carbocycles. The van der Waals surface area contributed by atoms with Crippen LogP contribution in [0.5, 0.6) is 0 Å². The van der Waals surface area contributed by atoms with Crippen LogP contribution in [0.2, 0.25) is 5.02 Å². The van der Waals surface area contributed by atoms with Crippen molar-refractivity contribution in [3.05, 3.63) is 23.0 Å². The maximum absolute atomic E-state index is 13.2. The number of sulfone groups is 1. The van der Waals surface area contributed by atoms with Gasteiger partial charge in [-0.3, -0.25) is 0 Å². The average molecular weight is 264 g/mol. The minimum Gasteiger partial charge on any atom is -0.384 e. The van der Waals surface area contributed by atoms with Crippen molar-refractivity contribution in [2.75, 3.05) is 17.6 Å². The largest absolute Gasteiger partial charge is 0.384 e. The van der Waals surface area contributed by atoms with Crippen LogP contribution in [0.3, 0.4) is 0 Å². The Balaban J connectivity index is 2.64. The van der Waals surface area contributed by atoms with Gasteiger partial charge in [0, 0.05) is 6.54 Å².